The van der Waals surface area contributed by atoms with E-state index in [-0.39, 0.29) is 0 Å². The minimum atomic E-state index is -3.11. The molecule has 1 N–H and O–H groups in total. The number of alkyl halides is 2. The van der Waals surface area contributed by atoms with Crippen LogP contribution in [0.5, 0.6) is 0 Å². The molecule has 0 radical (unpaired) electrons. The van der Waals surface area contributed by atoms with Crippen LogP contribution in [0.25, 0.3) is 22.6 Å². The van der Waals surface area contributed by atoms with Crippen molar-refractivity contribution in [1.29, 1.82) is 5.26 Å². The van der Waals surface area contributed by atoms with Crippen LogP contribution in [0, 0.1) is 11.3 Å². The first-order valence-electron chi connectivity index (χ1n) is 10.6. The van der Waals surface area contributed by atoms with Gasteiger partial charge in [0.05, 0.1) is 35.9 Å². The van der Waals surface area contributed by atoms with Crippen LogP contribution in [0.3, 0.4) is 0 Å². The summed E-state index contributed by atoms with van der Waals surface area (Å²) in [5.74, 6) is -4.38. The molecule has 0 aliphatic carbocycles. The molecule has 1 aliphatic rings. The van der Waals surface area contributed by atoms with E-state index in [0.29, 0.717) is 16.5 Å². The summed E-state index contributed by atoms with van der Waals surface area (Å²) in [4.78, 5) is 34.7. The van der Waals surface area contributed by atoms with Crippen molar-refractivity contribution in [2.75, 3.05) is 13.1 Å². The number of carbonyl (C=O) groups excluding carboxylic acids is 2. The minimum Gasteiger partial charge on any atom is -0.343 e. The molecule has 1 aromatic carbocycles. The van der Waals surface area contributed by atoms with Crippen molar-refractivity contribution >= 4 is 34.4 Å². The van der Waals surface area contributed by atoms with Crippen molar-refractivity contribution in [3.05, 3.63) is 71.7 Å². The number of allylic oxidation sites excluding steroid dienone is 1. The number of hydrogen-bond donors (Lipinski definition) is 1. The lowest BCUT2D eigenvalue weighted by Crippen LogP contribution is -2.43. The van der Waals surface area contributed by atoms with E-state index in [1.165, 1.54) is 12.3 Å². The van der Waals surface area contributed by atoms with Crippen LogP contribution >= 0.6 is 0 Å². The van der Waals surface area contributed by atoms with Gasteiger partial charge < -0.3 is 10.2 Å². The molecule has 1 atom stereocenters. The summed E-state index contributed by atoms with van der Waals surface area (Å²) in [6, 6.07) is 13.2. The maximum atomic E-state index is 13.6. The molecule has 0 saturated carbocycles. The van der Waals surface area contributed by atoms with E-state index in [1.54, 1.807) is 18.3 Å². The highest BCUT2D eigenvalue weighted by atomic mass is 19.3. The summed E-state index contributed by atoms with van der Waals surface area (Å²) < 4.78 is 27.2. The molecular weight excluding hydrogens is 440 g/mol. The molecule has 172 valence electrons. The summed E-state index contributed by atoms with van der Waals surface area (Å²) >= 11 is 0. The zero-order valence-electron chi connectivity index (χ0n) is 18.3. The third kappa shape index (κ3) is 4.91. The Hall–Kier alpha value is -4.19. The van der Waals surface area contributed by atoms with Crippen LogP contribution in [0.15, 0.2) is 54.9 Å². The van der Waals surface area contributed by atoms with Crippen molar-refractivity contribution < 1.29 is 18.4 Å². The fourth-order valence-electron chi connectivity index (χ4n) is 3.92. The van der Waals surface area contributed by atoms with Crippen molar-refractivity contribution in [3.63, 3.8) is 0 Å². The molecule has 2 aromatic heterocycles. The van der Waals surface area contributed by atoms with Gasteiger partial charge in [0.15, 0.2) is 0 Å². The highest BCUT2D eigenvalue weighted by Gasteiger charge is 2.47. The van der Waals surface area contributed by atoms with Gasteiger partial charge in [-0.1, -0.05) is 12.1 Å². The Kier molecular flexibility index (Phi) is 6.32. The van der Waals surface area contributed by atoms with Gasteiger partial charge in [0, 0.05) is 24.2 Å². The van der Waals surface area contributed by atoms with Gasteiger partial charge >= 0.3 is 0 Å². The van der Waals surface area contributed by atoms with Crippen molar-refractivity contribution in [2.45, 2.75) is 25.3 Å². The second kappa shape index (κ2) is 9.35. The third-order valence-electron chi connectivity index (χ3n) is 5.60. The summed E-state index contributed by atoms with van der Waals surface area (Å²) in [5.41, 5.74) is 3.50. The molecule has 2 amide bonds. The van der Waals surface area contributed by atoms with E-state index in [1.807, 2.05) is 43.3 Å². The molecule has 3 aromatic rings. The molecule has 1 fully saturated rings. The van der Waals surface area contributed by atoms with E-state index in [4.69, 9.17) is 5.26 Å². The van der Waals surface area contributed by atoms with Gasteiger partial charge in [0.25, 0.3) is 11.8 Å². The molecule has 7 nitrogen and oxygen atoms in total. The van der Waals surface area contributed by atoms with E-state index in [9.17, 15) is 18.4 Å². The van der Waals surface area contributed by atoms with Crippen LogP contribution in [0.2, 0.25) is 0 Å². The number of nitrogens with one attached hydrogen (secondary N) is 1. The summed E-state index contributed by atoms with van der Waals surface area (Å²) in [5, 5.41) is 12.1. The number of amides is 2. The smallest absolute Gasteiger partial charge is 0.268 e. The molecule has 1 aliphatic heterocycles. The number of likely N-dealkylation sites (tertiary alicyclic amines) is 1. The van der Waals surface area contributed by atoms with E-state index in [2.05, 4.69) is 15.3 Å². The average molecular weight is 461 g/mol. The van der Waals surface area contributed by atoms with Crippen LogP contribution in [-0.4, -0.2) is 51.7 Å². The molecular formula is C25H21F2N5O2. The summed E-state index contributed by atoms with van der Waals surface area (Å²) in [6.07, 6.45) is 4.44. The molecule has 0 bridgehead atoms. The zero-order valence-corrected chi connectivity index (χ0v) is 18.3. The van der Waals surface area contributed by atoms with Crippen molar-refractivity contribution in [2.24, 2.45) is 0 Å². The lowest BCUT2D eigenvalue weighted by atomic mass is 10.0. The lowest BCUT2D eigenvalue weighted by Gasteiger charge is -2.19. The lowest BCUT2D eigenvalue weighted by molar-refractivity contribution is -0.131. The number of rotatable bonds is 5. The number of nitrogens with zero attached hydrogens (tertiary/aromatic N) is 4. The first kappa shape index (κ1) is 23.0. The summed E-state index contributed by atoms with van der Waals surface area (Å²) in [6.45, 7) is 0.615. The Balaban J connectivity index is 1.53. The Bertz CT molecular complexity index is 1320. The standard InChI is InChI=1S/C25H21F2N5O2/c1-16(21-4-2-3-8-29-21)10-17-5-6-22-20(11-17)19(7-9-30-22)24(34)31-14-23(33)32-15-25(26,27)12-18(32)13-28/h2-11,18H,12,14-15H2,1H3,(H,31,34)/b16-10+/t18-/m0/s1. The van der Waals surface area contributed by atoms with Gasteiger partial charge in [-0.05, 0) is 54.5 Å². The molecule has 1 saturated heterocycles. The van der Waals surface area contributed by atoms with E-state index >= 15 is 0 Å². The number of carbonyl (C=O) groups is 2. The molecule has 9 heteroatoms. The predicted octanol–water partition coefficient (Wildman–Crippen LogP) is 3.68. The van der Waals surface area contributed by atoms with Gasteiger partial charge in [-0.3, -0.25) is 19.6 Å². The number of pyridine rings is 2. The fourth-order valence-corrected chi connectivity index (χ4v) is 3.92. The van der Waals surface area contributed by atoms with Gasteiger partial charge in [-0.15, -0.1) is 0 Å². The molecule has 3 heterocycles. The quantitative estimate of drug-likeness (QED) is 0.625. The molecule has 0 unspecified atom stereocenters. The topological polar surface area (TPSA) is 99.0 Å². The maximum Gasteiger partial charge on any atom is 0.268 e. The van der Waals surface area contributed by atoms with Gasteiger partial charge in [0.1, 0.15) is 6.04 Å². The van der Waals surface area contributed by atoms with Gasteiger partial charge in [-0.2, -0.15) is 5.26 Å². The van der Waals surface area contributed by atoms with Crippen molar-refractivity contribution in [3.8, 4) is 6.07 Å². The number of nitriles is 1. The number of hydrogen-bond acceptors (Lipinski definition) is 5. The van der Waals surface area contributed by atoms with Gasteiger partial charge in [0.2, 0.25) is 5.91 Å². The van der Waals surface area contributed by atoms with Crippen molar-refractivity contribution in [1.82, 2.24) is 20.2 Å². The first-order valence-corrected chi connectivity index (χ1v) is 10.6. The first-order chi connectivity index (χ1) is 16.3. The van der Waals surface area contributed by atoms with Crippen LogP contribution in [0.4, 0.5) is 8.78 Å². The van der Waals surface area contributed by atoms with Crippen LogP contribution in [0.1, 0.15) is 35.0 Å². The molecule has 0 spiro atoms. The third-order valence-corrected chi connectivity index (χ3v) is 5.60. The molecule has 34 heavy (non-hydrogen) atoms. The second-order valence-corrected chi connectivity index (χ2v) is 8.09. The summed E-state index contributed by atoms with van der Waals surface area (Å²) in [7, 11) is 0. The monoisotopic (exact) mass is 461 g/mol. The Morgan fingerprint density at radius 3 is 2.79 bits per heavy atom. The number of benzene rings is 1. The van der Waals surface area contributed by atoms with Crippen LogP contribution < -0.4 is 5.32 Å². The SMILES string of the molecule is C/C(=C\c1ccc2nccc(C(=O)NCC(=O)N3CC(F)(F)C[C@H]3C#N)c2c1)c1ccccn1. The highest BCUT2D eigenvalue weighted by molar-refractivity contribution is 6.07. The van der Waals surface area contributed by atoms with E-state index < -0.39 is 43.3 Å². The largest absolute Gasteiger partial charge is 0.343 e. The normalized spacial score (nSPS) is 17.4. The van der Waals surface area contributed by atoms with Crippen LogP contribution in [-0.2, 0) is 4.79 Å². The second-order valence-electron chi connectivity index (χ2n) is 8.09. The average Bonchev–Trinajstić information content (AvgIpc) is 3.17. The number of aromatic nitrogens is 2. The zero-order chi connectivity index (χ0) is 24.3. The molecule has 4 rings (SSSR count). The Morgan fingerprint density at radius 1 is 1.24 bits per heavy atom. The Labute approximate surface area is 194 Å². The fraction of sp³-hybridized carbons (Fsp3) is 0.240. The minimum absolute atomic E-state index is 0.298. The van der Waals surface area contributed by atoms with Gasteiger partial charge in [-0.25, -0.2) is 8.78 Å². The maximum absolute atomic E-state index is 13.6. The number of fused-ring (bicyclic) bond motifs is 1. The Morgan fingerprint density at radius 2 is 2.06 bits per heavy atom. The predicted molar refractivity (Wildman–Crippen MR) is 123 cm³/mol. The van der Waals surface area contributed by atoms with E-state index in [0.717, 1.165) is 21.7 Å². The number of halogens is 2. The highest BCUT2D eigenvalue weighted by Crippen LogP contribution is 2.31.